The number of para-hydroxylation sites is 4. The molecular weight excluding hydrogens is 428 g/mol. The van der Waals surface area contributed by atoms with Crippen molar-refractivity contribution in [1.29, 1.82) is 0 Å². The van der Waals surface area contributed by atoms with Crippen LogP contribution < -0.4 is 14.8 Å². The van der Waals surface area contributed by atoms with Crippen molar-refractivity contribution >= 4 is 17.1 Å². The second kappa shape index (κ2) is 9.87. The van der Waals surface area contributed by atoms with Crippen LogP contribution in [0.15, 0.2) is 79.1 Å². The van der Waals surface area contributed by atoms with Gasteiger partial charge in [-0.1, -0.05) is 48.5 Å². The number of benzene rings is 3. The Kier molecular flexibility index (Phi) is 6.33. The molecule has 1 atom stereocenters. The van der Waals surface area contributed by atoms with Crippen LogP contribution >= 0.6 is 0 Å². The number of aromatic nitrogens is 2. The topological polar surface area (TPSA) is 68.6 Å². The zero-order chi connectivity index (χ0) is 23.3. The van der Waals surface area contributed by atoms with Crippen molar-refractivity contribution in [3.8, 4) is 11.5 Å². The minimum Gasteiger partial charge on any atom is -0.486 e. The van der Waals surface area contributed by atoms with Gasteiger partial charge in [-0.3, -0.25) is 0 Å². The maximum Gasteiger partial charge on any atom is 0.317 e. The van der Waals surface area contributed by atoms with Crippen LogP contribution in [0.5, 0.6) is 11.5 Å². The van der Waals surface area contributed by atoms with Crippen LogP contribution in [0.4, 0.5) is 4.79 Å². The smallest absolute Gasteiger partial charge is 0.317 e. The number of carbonyl (C=O) groups excluding carboxylic acids is 1. The molecule has 3 aromatic carbocycles. The van der Waals surface area contributed by atoms with Crippen LogP contribution in [0.3, 0.4) is 0 Å². The van der Waals surface area contributed by atoms with Crippen LogP contribution in [0.1, 0.15) is 18.1 Å². The standard InChI is InChI=1S/C27H28N4O3/c1-2-30(17-22-18-33-25-9-5-6-10-26(25)34-22)27(32)28-15-20-11-13-21(14-12-20)16-31-19-29-23-7-3-4-8-24(23)31/h3-14,19,22H,2,15-18H2,1H3,(H,28,32). The van der Waals surface area contributed by atoms with Gasteiger partial charge in [0.15, 0.2) is 17.6 Å². The Hall–Kier alpha value is -4.00. The van der Waals surface area contributed by atoms with Crippen LogP contribution in [-0.4, -0.2) is 46.3 Å². The third-order valence-electron chi connectivity index (χ3n) is 6.01. The normalized spacial score (nSPS) is 14.7. The van der Waals surface area contributed by atoms with Gasteiger partial charge in [0.1, 0.15) is 6.61 Å². The van der Waals surface area contributed by atoms with Crippen molar-refractivity contribution in [2.45, 2.75) is 26.1 Å². The van der Waals surface area contributed by atoms with Gasteiger partial charge >= 0.3 is 6.03 Å². The summed E-state index contributed by atoms with van der Waals surface area (Å²) >= 11 is 0. The van der Waals surface area contributed by atoms with E-state index in [0.29, 0.717) is 26.2 Å². The molecule has 0 spiro atoms. The van der Waals surface area contributed by atoms with E-state index < -0.39 is 0 Å². The summed E-state index contributed by atoms with van der Waals surface area (Å²) in [5.41, 5.74) is 4.35. The maximum atomic E-state index is 12.8. The first-order chi connectivity index (χ1) is 16.7. The first-order valence-corrected chi connectivity index (χ1v) is 11.6. The van der Waals surface area contributed by atoms with Gasteiger partial charge in [0.25, 0.3) is 0 Å². The highest BCUT2D eigenvalue weighted by Crippen LogP contribution is 2.31. The number of carbonyl (C=O) groups is 1. The van der Waals surface area contributed by atoms with Crippen molar-refractivity contribution in [1.82, 2.24) is 19.8 Å². The third kappa shape index (κ3) is 4.83. The minimum absolute atomic E-state index is 0.112. The lowest BCUT2D eigenvalue weighted by molar-refractivity contribution is 0.0675. The van der Waals surface area contributed by atoms with Gasteiger partial charge in [-0.05, 0) is 42.3 Å². The van der Waals surface area contributed by atoms with E-state index in [0.717, 1.165) is 34.6 Å². The van der Waals surface area contributed by atoms with Gasteiger partial charge in [-0.15, -0.1) is 0 Å². The summed E-state index contributed by atoms with van der Waals surface area (Å²) in [5, 5.41) is 3.02. The van der Waals surface area contributed by atoms with Crippen molar-refractivity contribution in [2.24, 2.45) is 0 Å². The van der Waals surface area contributed by atoms with Crippen molar-refractivity contribution in [3.05, 3.63) is 90.3 Å². The maximum absolute atomic E-state index is 12.8. The molecule has 0 saturated heterocycles. The number of nitrogens with zero attached hydrogens (tertiary/aromatic N) is 3. The van der Waals surface area contributed by atoms with E-state index in [1.807, 2.05) is 55.7 Å². The third-order valence-corrected chi connectivity index (χ3v) is 6.01. The van der Waals surface area contributed by atoms with Gasteiger partial charge in [-0.2, -0.15) is 0 Å². The fourth-order valence-corrected chi connectivity index (χ4v) is 4.14. The minimum atomic E-state index is -0.195. The number of fused-ring (bicyclic) bond motifs is 2. The van der Waals surface area contributed by atoms with E-state index in [4.69, 9.17) is 9.47 Å². The van der Waals surface area contributed by atoms with Crippen LogP contribution in [0.25, 0.3) is 11.0 Å². The van der Waals surface area contributed by atoms with Crippen molar-refractivity contribution in [2.75, 3.05) is 19.7 Å². The molecular formula is C27H28N4O3. The SMILES string of the molecule is CCN(CC1COc2ccccc2O1)C(=O)NCc1ccc(Cn2cnc3ccccc32)cc1. The second-order valence-electron chi connectivity index (χ2n) is 8.37. The van der Waals surface area contributed by atoms with Gasteiger partial charge in [0.2, 0.25) is 0 Å². The Morgan fingerprint density at radius 1 is 1.03 bits per heavy atom. The average molecular weight is 457 g/mol. The fraction of sp³-hybridized carbons (Fsp3) is 0.259. The summed E-state index contributed by atoms with van der Waals surface area (Å²) in [7, 11) is 0. The van der Waals surface area contributed by atoms with E-state index in [-0.39, 0.29) is 12.1 Å². The molecule has 0 aliphatic carbocycles. The zero-order valence-electron chi connectivity index (χ0n) is 19.2. The molecule has 7 nitrogen and oxygen atoms in total. The number of ether oxygens (including phenoxy) is 2. The largest absolute Gasteiger partial charge is 0.486 e. The van der Waals surface area contributed by atoms with Gasteiger partial charge < -0.3 is 24.3 Å². The summed E-state index contributed by atoms with van der Waals surface area (Å²) in [5.74, 6) is 1.47. The highest BCUT2D eigenvalue weighted by Gasteiger charge is 2.24. The molecule has 1 aliphatic heterocycles. The molecule has 2 amide bonds. The first-order valence-electron chi connectivity index (χ1n) is 11.6. The number of hydrogen-bond donors (Lipinski definition) is 1. The lowest BCUT2D eigenvalue weighted by Gasteiger charge is -2.31. The molecule has 0 saturated carbocycles. The van der Waals surface area contributed by atoms with Crippen LogP contribution in [-0.2, 0) is 13.1 Å². The fourth-order valence-electron chi connectivity index (χ4n) is 4.14. The number of nitrogens with one attached hydrogen (secondary N) is 1. The number of urea groups is 1. The Balaban J connectivity index is 1.14. The summed E-state index contributed by atoms with van der Waals surface area (Å²) in [6, 6.07) is 23.9. The van der Waals surface area contributed by atoms with E-state index in [2.05, 4.69) is 45.2 Å². The molecule has 0 radical (unpaired) electrons. The molecule has 5 rings (SSSR count). The molecule has 2 heterocycles. The number of likely N-dealkylation sites (N-methyl/N-ethyl adjacent to an activating group) is 1. The molecule has 1 unspecified atom stereocenters. The highest BCUT2D eigenvalue weighted by molar-refractivity contribution is 5.75. The zero-order valence-corrected chi connectivity index (χ0v) is 19.2. The average Bonchev–Trinajstić information content (AvgIpc) is 3.29. The van der Waals surface area contributed by atoms with Gasteiger partial charge in [-0.25, -0.2) is 9.78 Å². The van der Waals surface area contributed by atoms with E-state index >= 15 is 0 Å². The lowest BCUT2D eigenvalue weighted by Crippen LogP contribution is -2.47. The van der Waals surface area contributed by atoms with Crippen LogP contribution in [0.2, 0.25) is 0 Å². The highest BCUT2D eigenvalue weighted by atomic mass is 16.6. The first kappa shape index (κ1) is 21.8. The number of rotatable bonds is 7. The number of hydrogen-bond acceptors (Lipinski definition) is 4. The molecule has 1 N–H and O–H groups in total. The summed E-state index contributed by atoms with van der Waals surface area (Å²) in [6.45, 7) is 4.66. The quantitative estimate of drug-likeness (QED) is 0.446. The van der Waals surface area contributed by atoms with E-state index in [1.54, 1.807) is 4.90 Å². The summed E-state index contributed by atoms with van der Waals surface area (Å²) in [6.07, 6.45) is 1.68. The molecule has 7 heteroatoms. The number of amides is 2. The molecule has 1 aromatic heterocycles. The van der Waals surface area contributed by atoms with Gasteiger partial charge in [0.05, 0.1) is 23.9 Å². The number of imidazole rings is 1. The Labute approximate surface area is 198 Å². The summed E-state index contributed by atoms with van der Waals surface area (Å²) in [4.78, 5) is 19.0. The van der Waals surface area contributed by atoms with E-state index in [1.165, 1.54) is 5.56 Å². The summed E-state index contributed by atoms with van der Waals surface area (Å²) < 4.78 is 13.9. The Morgan fingerprint density at radius 2 is 1.76 bits per heavy atom. The predicted molar refractivity (Wildman–Crippen MR) is 131 cm³/mol. The second-order valence-corrected chi connectivity index (χ2v) is 8.37. The molecule has 174 valence electrons. The van der Waals surface area contributed by atoms with Crippen molar-refractivity contribution < 1.29 is 14.3 Å². The molecule has 34 heavy (non-hydrogen) atoms. The monoisotopic (exact) mass is 456 g/mol. The Morgan fingerprint density at radius 3 is 2.59 bits per heavy atom. The molecule has 4 aromatic rings. The molecule has 0 fully saturated rings. The molecule has 1 aliphatic rings. The lowest BCUT2D eigenvalue weighted by atomic mass is 10.1. The van der Waals surface area contributed by atoms with E-state index in [9.17, 15) is 4.79 Å². The molecule has 0 bridgehead atoms. The van der Waals surface area contributed by atoms with Gasteiger partial charge in [0, 0.05) is 19.6 Å². The Bertz CT molecular complexity index is 1270. The van der Waals surface area contributed by atoms with Crippen LogP contribution in [0, 0.1) is 0 Å². The predicted octanol–water partition coefficient (Wildman–Crippen LogP) is 4.46. The van der Waals surface area contributed by atoms with Crippen molar-refractivity contribution in [3.63, 3.8) is 0 Å².